The fraction of sp³-hybridized carbons (Fsp3) is 0.533. The number of ether oxygens (including phenoxy) is 2. The van der Waals surface area contributed by atoms with E-state index in [-0.39, 0.29) is 12.3 Å². The molecular formula is C15H21NO5. The van der Waals surface area contributed by atoms with Crippen molar-refractivity contribution in [3.63, 3.8) is 0 Å². The summed E-state index contributed by atoms with van der Waals surface area (Å²) in [5, 5.41) is 22.7. The first-order valence-corrected chi connectivity index (χ1v) is 7.08. The summed E-state index contributed by atoms with van der Waals surface area (Å²) in [7, 11) is 0. The van der Waals surface area contributed by atoms with Gasteiger partial charge in [0.05, 0.1) is 19.3 Å². The highest BCUT2D eigenvalue weighted by Gasteiger charge is 2.20. The second-order valence-corrected chi connectivity index (χ2v) is 5.04. The van der Waals surface area contributed by atoms with Crippen molar-refractivity contribution >= 4 is 5.91 Å². The van der Waals surface area contributed by atoms with Crippen molar-refractivity contribution in [3.8, 4) is 11.5 Å². The Balaban J connectivity index is 2.00. The fourth-order valence-corrected chi connectivity index (χ4v) is 2.14. The van der Waals surface area contributed by atoms with Crippen LogP contribution in [0, 0.1) is 0 Å². The Kier molecular flexibility index (Phi) is 5.41. The van der Waals surface area contributed by atoms with Gasteiger partial charge in [-0.1, -0.05) is 6.07 Å². The average molecular weight is 295 g/mol. The summed E-state index contributed by atoms with van der Waals surface area (Å²) in [6, 6.07) is 5.13. The first-order chi connectivity index (χ1) is 10.1. The van der Waals surface area contributed by atoms with E-state index < -0.39 is 12.2 Å². The molecule has 0 saturated carbocycles. The Bertz CT molecular complexity index is 491. The summed E-state index contributed by atoms with van der Waals surface area (Å²) in [5.74, 6) is 1.07. The largest absolute Gasteiger partial charge is 0.490 e. The number of hydrogen-bond donors (Lipinski definition) is 3. The van der Waals surface area contributed by atoms with Crippen LogP contribution in [-0.4, -0.2) is 42.0 Å². The number of aliphatic hydroxyl groups excluding tert-OH is 2. The minimum absolute atomic E-state index is 0.160. The zero-order valence-electron chi connectivity index (χ0n) is 12.0. The van der Waals surface area contributed by atoms with Crippen molar-refractivity contribution in [2.24, 2.45) is 0 Å². The van der Waals surface area contributed by atoms with Crippen molar-refractivity contribution in [1.82, 2.24) is 5.32 Å². The van der Waals surface area contributed by atoms with Crippen LogP contribution in [0.3, 0.4) is 0 Å². The Labute approximate surface area is 123 Å². The number of carbonyl (C=O) groups is 1. The average Bonchev–Trinajstić information content (AvgIpc) is 2.70. The predicted molar refractivity (Wildman–Crippen MR) is 76.3 cm³/mol. The lowest BCUT2D eigenvalue weighted by atomic mass is 10.0. The van der Waals surface area contributed by atoms with Gasteiger partial charge in [0, 0.05) is 19.9 Å². The molecule has 1 aliphatic rings. The van der Waals surface area contributed by atoms with Crippen LogP contribution >= 0.6 is 0 Å². The molecule has 21 heavy (non-hydrogen) atoms. The number of amides is 1. The molecule has 0 radical (unpaired) electrons. The summed E-state index contributed by atoms with van der Waals surface area (Å²) in [6.45, 7) is 2.90. The zero-order valence-corrected chi connectivity index (χ0v) is 12.0. The van der Waals surface area contributed by atoms with Crippen molar-refractivity contribution in [1.29, 1.82) is 0 Å². The molecule has 0 bridgehead atoms. The molecule has 0 fully saturated rings. The maximum absolute atomic E-state index is 10.8. The second kappa shape index (κ2) is 7.28. The van der Waals surface area contributed by atoms with E-state index in [0.717, 1.165) is 6.42 Å². The van der Waals surface area contributed by atoms with Crippen molar-refractivity contribution in [3.05, 3.63) is 23.8 Å². The molecule has 6 heteroatoms. The Morgan fingerprint density at radius 2 is 2.00 bits per heavy atom. The smallest absolute Gasteiger partial charge is 0.216 e. The standard InChI is InChI=1S/C15H21NO5/c1-10(17)16-6-5-12(18)15(19)11-3-4-13-14(9-11)21-8-2-7-20-13/h3-4,9,12,15,18-19H,2,5-8H2,1H3,(H,16,17). The molecule has 1 amide bonds. The molecule has 0 aromatic heterocycles. The van der Waals surface area contributed by atoms with E-state index in [1.54, 1.807) is 18.2 Å². The highest BCUT2D eigenvalue weighted by atomic mass is 16.5. The number of rotatable bonds is 5. The minimum atomic E-state index is -1.03. The lowest BCUT2D eigenvalue weighted by Gasteiger charge is -2.19. The molecule has 2 unspecified atom stereocenters. The maximum atomic E-state index is 10.8. The van der Waals surface area contributed by atoms with Gasteiger partial charge < -0.3 is 25.0 Å². The van der Waals surface area contributed by atoms with Gasteiger partial charge in [0.2, 0.25) is 5.91 Å². The maximum Gasteiger partial charge on any atom is 0.216 e. The lowest BCUT2D eigenvalue weighted by molar-refractivity contribution is -0.119. The molecule has 1 aromatic carbocycles. The predicted octanol–water partition coefficient (Wildman–Crippen LogP) is 0.768. The highest BCUT2D eigenvalue weighted by molar-refractivity contribution is 5.72. The highest BCUT2D eigenvalue weighted by Crippen LogP contribution is 2.33. The SMILES string of the molecule is CC(=O)NCCC(O)C(O)c1ccc2c(c1)OCCCO2. The molecule has 0 saturated heterocycles. The Morgan fingerprint density at radius 1 is 1.29 bits per heavy atom. The van der Waals surface area contributed by atoms with E-state index in [9.17, 15) is 15.0 Å². The van der Waals surface area contributed by atoms with Gasteiger partial charge in [-0.25, -0.2) is 0 Å². The van der Waals surface area contributed by atoms with Crippen LogP contribution in [0.15, 0.2) is 18.2 Å². The summed E-state index contributed by atoms with van der Waals surface area (Å²) >= 11 is 0. The molecular weight excluding hydrogens is 274 g/mol. The molecule has 2 rings (SSSR count). The van der Waals surface area contributed by atoms with Gasteiger partial charge in [-0.15, -0.1) is 0 Å². The Hall–Kier alpha value is -1.79. The van der Waals surface area contributed by atoms with E-state index in [4.69, 9.17) is 9.47 Å². The van der Waals surface area contributed by atoms with Crippen LogP contribution in [-0.2, 0) is 4.79 Å². The first kappa shape index (κ1) is 15.6. The van der Waals surface area contributed by atoms with Gasteiger partial charge >= 0.3 is 0 Å². The van der Waals surface area contributed by atoms with Crippen molar-refractivity contribution < 1.29 is 24.5 Å². The van der Waals surface area contributed by atoms with Crippen LogP contribution in [0.1, 0.15) is 31.4 Å². The Morgan fingerprint density at radius 3 is 2.71 bits per heavy atom. The summed E-state index contributed by atoms with van der Waals surface area (Å²) in [4.78, 5) is 10.8. The van der Waals surface area contributed by atoms with Crippen LogP contribution in [0.5, 0.6) is 11.5 Å². The molecule has 2 atom stereocenters. The quantitative estimate of drug-likeness (QED) is 0.747. The van der Waals surface area contributed by atoms with E-state index in [0.29, 0.717) is 36.8 Å². The molecule has 1 aromatic rings. The molecule has 6 nitrogen and oxygen atoms in total. The number of hydrogen-bond acceptors (Lipinski definition) is 5. The monoisotopic (exact) mass is 295 g/mol. The fourth-order valence-electron chi connectivity index (χ4n) is 2.14. The van der Waals surface area contributed by atoms with Gasteiger partial charge in [0.15, 0.2) is 11.5 Å². The van der Waals surface area contributed by atoms with E-state index in [1.165, 1.54) is 6.92 Å². The third-order valence-corrected chi connectivity index (χ3v) is 3.29. The number of carbonyl (C=O) groups excluding carboxylic acids is 1. The van der Waals surface area contributed by atoms with Crippen molar-refractivity contribution in [2.45, 2.75) is 32.0 Å². The number of aliphatic hydroxyl groups is 2. The topological polar surface area (TPSA) is 88.0 Å². The summed E-state index contributed by atoms with van der Waals surface area (Å²) < 4.78 is 11.1. The van der Waals surface area contributed by atoms with Crippen LogP contribution in [0.2, 0.25) is 0 Å². The van der Waals surface area contributed by atoms with Crippen LogP contribution in [0.25, 0.3) is 0 Å². The third kappa shape index (κ3) is 4.34. The lowest BCUT2D eigenvalue weighted by Crippen LogP contribution is -2.27. The molecule has 116 valence electrons. The minimum Gasteiger partial charge on any atom is -0.490 e. The number of nitrogens with one attached hydrogen (secondary N) is 1. The van der Waals surface area contributed by atoms with Gasteiger partial charge in [-0.2, -0.15) is 0 Å². The third-order valence-electron chi connectivity index (χ3n) is 3.29. The second-order valence-electron chi connectivity index (χ2n) is 5.04. The van der Waals surface area contributed by atoms with E-state index in [1.807, 2.05) is 0 Å². The van der Waals surface area contributed by atoms with E-state index in [2.05, 4.69) is 5.32 Å². The van der Waals surface area contributed by atoms with Crippen molar-refractivity contribution in [2.75, 3.05) is 19.8 Å². The number of fused-ring (bicyclic) bond motifs is 1. The number of benzene rings is 1. The molecule has 1 aliphatic heterocycles. The zero-order chi connectivity index (χ0) is 15.2. The molecule has 3 N–H and O–H groups in total. The van der Waals surface area contributed by atoms with Crippen LogP contribution in [0.4, 0.5) is 0 Å². The van der Waals surface area contributed by atoms with Gasteiger partial charge in [-0.05, 0) is 24.1 Å². The van der Waals surface area contributed by atoms with Crippen LogP contribution < -0.4 is 14.8 Å². The van der Waals surface area contributed by atoms with Gasteiger partial charge in [-0.3, -0.25) is 4.79 Å². The van der Waals surface area contributed by atoms with Gasteiger partial charge in [0.25, 0.3) is 0 Å². The first-order valence-electron chi connectivity index (χ1n) is 7.08. The summed E-state index contributed by atoms with van der Waals surface area (Å²) in [6.07, 6.45) is -0.904. The van der Waals surface area contributed by atoms with Gasteiger partial charge in [0.1, 0.15) is 6.10 Å². The molecule has 0 spiro atoms. The molecule has 0 aliphatic carbocycles. The van der Waals surface area contributed by atoms with E-state index >= 15 is 0 Å². The summed E-state index contributed by atoms with van der Waals surface area (Å²) in [5.41, 5.74) is 0.564. The molecule has 1 heterocycles. The normalized spacial score (nSPS) is 16.7.